The van der Waals surface area contributed by atoms with Crippen molar-refractivity contribution >= 4 is 11.9 Å². The first-order chi connectivity index (χ1) is 10.0. The van der Waals surface area contributed by atoms with Crippen LogP contribution in [0.15, 0.2) is 30.3 Å². The summed E-state index contributed by atoms with van der Waals surface area (Å²) in [4.78, 5) is 23.1. The summed E-state index contributed by atoms with van der Waals surface area (Å²) in [6.07, 6.45) is 2.12. The van der Waals surface area contributed by atoms with Crippen LogP contribution in [0.4, 0.5) is 0 Å². The summed E-state index contributed by atoms with van der Waals surface area (Å²) in [5, 5.41) is 11.6. The molecule has 0 radical (unpaired) electrons. The predicted octanol–water partition coefficient (Wildman–Crippen LogP) is 0.255. The fraction of sp³-hybridized carbons (Fsp3) is 0.467. The van der Waals surface area contributed by atoms with Crippen LogP contribution in [0.2, 0.25) is 0 Å². The zero-order valence-electron chi connectivity index (χ0n) is 12.0. The smallest absolute Gasteiger partial charge is 0.326 e. The number of carbonyl (C=O) groups is 2. The third-order valence-corrected chi connectivity index (χ3v) is 3.20. The highest BCUT2D eigenvalue weighted by Crippen LogP contribution is 2.04. The van der Waals surface area contributed by atoms with Crippen LogP contribution in [0.5, 0.6) is 0 Å². The molecular formula is C15H23N3O3. The summed E-state index contributed by atoms with van der Waals surface area (Å²) < 4.78 is 0. The molecule has 0 aliphatic rings. The van der Waals surface area contributed by atoms with Gasteiger partial charge in [0.1, 0.15) is 6.04 Å². The Morgan fingerprint density at radius 3 is 2.43 bits per heavy atom. The lowest BCUT2D eigenvalue weighted by Gasteiger charge is -2.17. The molecule has 0 saturated heterocycles. The van der Waals surface area contributed by atoms with Gasteiger partial charge in [-0.15, -0.1) is 0 Å². The highest BCUT2D eigenvalue weighted by Gasteiger charge is 2.22. The SMILES string of the molecule is NCCCC[C@H](NC(=O)[C@H](N)Cc1ccccc1)C(=O)O. The maximum Gasteiger partial charge on any atom is 0.326 e. The van der Waals surface area contributed by atoms with Gasteiger partial charge in [-0.3, -0.25) is 4.79 Å². The number of carbonyl (C=O) groups excluding carboxylic acids is 1. The van der Waals surface area contributed by atoms with Gasteiger partial charge >= 0.3 is 5.97 Å². The first kappa shape index (κ1) is 17.1. The molecule has 21 heavy (non-hydrogen) atoms. The quantitative estimate of drug-likeness (QED) is 0.487. The molecule has 1 amide bonds. The molecule has 6 N–H and O–H groups in total. The third kappa shape index (κ3) is 6.37. The Bertz CT molecular complexity index is 451. The normalized spacial score (nSPS) is 13.4. The van der Waals surface area contributed by atoms with E-state index in [1.54, 1.807) is 0 Å². The van der Waals surface area contributed by atoms with Crippen molar-refractivity contribution in [3.05, 3.63) is 35.9 Å². The Morgan fingerprint density at radius 1 is 1.19 bits per heavy atom. The van der Waals surface area contributed by atoms with Crippen molar-refractivity contribution in [3.8, 4) is 0 Å². The van der Waals surface area contributed by atoms with Crippen LogP contribution >= 0.6 is 0 Å². The maximum atomic E-state index is 12.0. The van der Waals surface area contributed by atoms with Gasteiger partial charge in [-0.05, 0) is 37.8 Å². The number of hydrogen-bond donors (Lipinski definition) is 4. The summed E-state index contributed by atoms with van der Waals surface area (Å²) in [5.74, 6) is -1.49. The second-order valence-corrected chi connectivity index (χ2v) is 4.98. The molecule has 0 heterocycles. The van der Waals surface area contributed by atoms with Crippen molar-refractivity contribution in [2.75, 3.05) is 6.54 Å². The zero-order valence-corrected chi connectivity index (χ0v) is 12.0. The molecule has 0 saturated carbocycles. The largest absolute Gasteiger partial charge is 0.480 e. The standard InChI is InChI=1S/C15H23N3O3/c16-9-5-4-8-13(15(20)21)18-14(19)12(17)10-11-6-2-1-3-7-11/h1-3,6-7,12-13H,4-5,8-10,16-17H2,(H,18,19)(H,20,21)/t12-,13+/m1/s1. The van der Waals surface area contributed by atoms with Gasteiger partial charge in [-0.2, -0.15) is 0 Å². The van der Waals surface area contributed by atoms with Crippen molar-refractivity contribution in [1.29, 1.82) is 0 Å². The van der Waals surface area contributed by atoms with E-state index in [4.69, 9.17) is 16.6 Å². The van der Waals surface area contributed by atoms with E-state index in [1.807, 2.05) is 30.3 Å². The molecule has 1 aromatic carbocycles. The van der Waals surface area contributed by atoms with E-state index >= 15 is 0 Å². The van der Waals surface area contributed by atoms with E-state index in [0.29, 0.717) is 25.8 Å². The van der Waals surface area contributed by atoms with Crippen LogP contribution in [0.3, 0.4) is 0 Å². The van der Waals surface area contributed by atoms with Crippen LogP contribution < -0.4 is 16.8 Å². The molecule has 6 heteroatoms. The molecule has 0 aliphatic heterocycles. The highest BCUT2D eigenvalue weighted by atomic mass is 16.4. The predicted molar refractivity (Wildman–Crippen MR) is 80.6 cm³/mol. The van der Waals surface area contributed by atoms with Crippen molar-refractivity contribution in [3.63, 3.8) is 0 Å². The van der Waals surface area contributed by atoms with Gasteiger partial charge in [0.25, 0.3) is 0 Å². The number of aliphatic carboxylic acids is 1. The molecule has 0 bridgehead atoms. The van der Waals surface area contributed by atoms with Gasteiger partial charge in [0.15, 0.2) is 0 Å². The van der Waals surface area contributed by atoms with Crippen LogP contribution in [-0.4, -0.2) is 35.6 Å². The minimum atomic E-state index is -1.05. The molecule has 0 spiro atoms. The monoisotopic (exact) mass is 293 g/mol. The van der Waals surface area contributed by atoms with E-state index in [9.17, 15) is 9.59 Å². The summed E-state index contributed by atoms with van der Waals surface area (Å²) >= 11 is 0. The first-order valence-electron chi connectivity index (χ1n) is 7.07. The molecular weight excluding hydrogens is 270 g/mol. The average molecular weight is 293 g/mol. The van der Waals surface area contributed by atoms with E-state index < -0.39 is 24.0 Å². The fourth-order valence-corrected chi connectivity index (χ4v) is 1.99. The first-order valence-corrected chi connectivity index (χ1v) is 7.07. The zero-order chi connectivity index (χ0) is 15.7. The van der Waals surface area contributed by atoms with Gasteiger partial charge in [0.05, 0.1) is 6.04 Å². The molecule has 0 aromatic heterocycles. The van der Waals surface area contributed by atoms with Crippen molar-refractivity contribution in [2.45, 2.75) is 37.8 Å². The fourth-order valence-electron chi connectivity index (χ4n) is 1.99. The number of carboxylic acids is 1. The van der Waals surface area contributed by atoms with Crippen LogP contribution in [0.1, 0.15) is 24.8 Å². The molecule has 116 valence electrons. The molecule has 0 unspecified atom stereocenters. The van der Waals surface area contributed by atoms with Crippen LogP contribution in [0.25, 0.3) is 0 Å². The number of amides is 1. The number of carboxylic acid groups (broad SMARTS) is 1. The minimum Gasteiger partial charge on any atom is -0.480 e. The average Bonchev–Trinajstić information content (AvgIpc) is 2.47. The second-order valence-electron chi connectivity index (χ2n) is 4.98. The summed E-state index contributed by atoms with van der Waals surface area (Å²) in [6.45, 7) is 0.508. The Labute approximate surface area is 124 Å². The Morgan fingerprint density at radius 2 is 1.86 bits per heavy atom. The highest BCUT2D eigenvalue weighted by molar-refractivity contribution is 5.86. The summed E-state index contributed by atoms with van der Waals surface area (Å²) in [6, 6.07) is 7.70. The minimum absolute atomic E-state index is 0.357. The topological polar surface area (TPSA) is 118 Å². The molecule has 0 aliphatic carbocycles. The lowest BCUT2D eigenvalue weighted by atomic mass is 10.0. The Hall–Kier alpha value is -1.92. The Balaban J connectivity index is 2.50. The molecule has 1 aromatic rings. The van der Waals surface area contributed by atoms with E-state index in [-0.39, 0.29) is 0 Å². The number of hydrogen-bond acceptors (Lipinski definition) is 4. The molecule has 6 nitrogen and oxygen atoms in total. The van der Waals surface area contributed by atoms with Crippen LogP contribution in [0, 0.1) is 0 Å². The van der Waals surface area contributed by atoms with E-state index in [2.05, 4.69) is 5.32 Å². The third-order valence-electron chi connectivity index (χ3n) is 3.20. The summed E-state index contributed by atoms with van der Waals surface area (Å²) in [7, 11) is 0. The number of unbranched alkanes of at least 4 members (excludes halogenated alkanes) is 1. The van der Waals surface area contributed by atoms with Gasteiger partial charge < -0.3 is 21.9 Å². The molecule has 2 atom stereocenters. The van der Waals surface area contributed by atoms with E-state index in [0.717, 1.165) is 12.0 Å². The van der Waals surface area contributed by atoms with Gasteiger partial charge in [-0.1, -0.05) is 30.3 Å². The van der Waals surface area contributed by atoms with Gasteiger partial charge in [0, 0.05) is 0 Å². The molecule has 0 fully saturated rings. The number of benzene rings is 1. The lowest BCUT2D eigenvalue weighted by Crippen LogP contribution is -2.49. The number of nitrogens with two attached hydrogens (primary N) is 2. The lowest BCUT2D eigenvalue weighted by molar-refractivity contribution is -0.142. The molecule has 1 rings (SSSR count). The van der Waals surface area contributed by atoms with E-state index in [1.165, 1.54) is 0 Å². The second kappa shape index (κ2) is 9.10. The van der Waals surface area contributed by atoms with Crippen molar-refractivity contribution in [1.82, 2.24) is 5.32 Å². The van der Waals surface area contributed by atoms with Crippen molar-refractivity contribution in [2.24, 2.45) is 11.5 Å². The van der Waals surface area contributed by atoms with Gasteiger partial charge in [0.2, 0.25) is 5.91 Å². The van der Waals surface area contributed by atoms with Gasteiger partial charge in [-0.25, -0.2) is 4.79 Å². The van der Waals surface area contributed by atoms with Crippen LogP contribution in [-0.2, 0) is 16.0 Å². The number of rotatable bonds is 9. The summed E-state index contributed by atoms with van der Waals surface area (Å²) in [5.41, 5.74) is 12.1. The number of nitrogens with one attached hydrogen (secondary N) is 1. The maximum absolute atomic E-state index is 12.0. The van der Waals surface area contributed by atoms with Crippen molar-refractivity contribution < 1.29 is 14.7 Å². The Kier molecular flexibility index (Phi) is 7.42.